The first-order chi connectivity index (χ1) is 14.5. The number of rotatable bonds is 6. The van der Waals surface area contributed by atoms with Gasteiger partial charge in [-0.15, -0.1) is 0 Å². The van der Waals surface area contributed by atoms with Crippen molar-refractivity contribution in [1.82, 2.24) is 20.6 Å². The molecule has 1 atom stereocenters. The monoisotopic (exact) mass is 419 g/mol. The van der Waals surface area contributed by atoms with Crippen molar-refractivity contribution in [3.8, 4) is 0 Å². The molecule has 1 saturated heterocycles. The molecule has 1 aliphatic rings. The van der Waals surface area contributed by atoms with Gasteiger partial charge in [-0.25, -0.2) is 4.79 Å². The maximum atomic E-state index is 12.0. The molecule has 1 aromatic carbocycles. The van der Waals surface area contributed by atoms with E-state index >= 15 is 0 Å². The van der Waals surface area contributed by atoms with Gasteiger partial charge in [-0.3, -0.25) is 20.1 Å². The maximum Gasteiger partial charge on any atom is 0.322 e. The zero-order chi connectivity index (χ0) is 21.1. The minimum atomic E-state index is -0.720. The number of hydrogen-bond donors (Lipinski definition) is 2. The lowest BCUT2D eigenvalue weighted by atomic mass is 10.1. The van der Waals surface area contributed by atoms with Crippen LogP contribution >= 0.6 is 11.8 Å². The van der Waals surface area contributed by atoms with E-state index < -0.39 is 12.1 Å². The van der Waals surface area contributed by atoms with Gasteiger partial charge in [0.2, 0.25) is 0 Å². The van der Waals surface area contributed by atoms with Crippen LogP contribution in [0.1, 0.15) is 22.9 Å². The van der Waals surface area contributed by atoms with Crippen molar-refractivity contribution in [2.45, 2.75) is 29.3 Å². The van der Waals surface area contributed by atoms with E-state index in [1.165, 1.54) is 17.3 Å². The van der Waals surface area contributed by atoms with E-state index in [2.05, 4.69) is 50.7 Å². The molecular weight excluding hydrogens is 398 g/mol. The Bertz CT molecular complexity index is 1090. The number of aryl methyl sites for hydroxylation is 1. The van der Waals surface area contributed by atoms with Gasteiger partial charge < -0.3 is 10.2 Å². The van der Waals surface area contributed by atoms with Gasteiger partial charge in [-0.2, -0.15) is 0 Å². The Morgan fingerprint density at radius 3 is 2.60 bits per heavy atom. The smallest absolute Gasteiger partial charge is 0.322 e. The highest BCUT2D eigenvalue weighted by molar-refractivity contribution is 7.99. The number of anilines is 1. The summed E-state index contributed by atoms with van der Waals surface area (Å²) in [6.07, 6.45) is 5.13. The number of nitrogens with one attached hydrogen (secondary N) is 2. The molecule has 152 valence electrons. The maximum absolute atomic E-state index is 12.0. The van der Waals surface area contributed by atoms with E-state index in [1.807, 2.05) is 37.4 Å². The third-order valence-corrected chi connectivity index (χ3v) is 5.88. The molecule has 30 heavy (non-hydrogen) atoms. The van der Waals surface area contributed by atoms with Gasteiger partial charge in [-0.1, -0.05) is 11.8 Å². The number of hydrogen-bond acceptors (Lipinski definition) is 6. The van der Waals surface area contributed by atoms with Gasteiger partial charge >= 0.3 is 6.03 Å². The lowest BCUT2D eigenvalue weighted by Gasteiger charge is -2.20. The Balaban J connectivity index is 1.48. The SMILES string of the molecule is Cc1cc(CN(C)c2ccc(Sc3ccncc3C3NC(=O)NC3=O)cc2)ccn1. The van der Waals surface area contributed by atoms with Crippen LogP contribution < -0.4 is 15.5 Å². The molecule has 0 saturated carbocycles. The highest BCUT2D eigenvalue weighted by atomic mass is 32.2. The standard InChI is InChI=1S/C22H21N5O2S/c1-14-11-15(7-10-24-14)13-27(2)16-3-5-17(6-4-16)30-19-8-9-23-12-18(19)20-21(28)26-22(29)25-20/h3-12,20H,13H2,1-2H3,(H2,25,26,28,29). The highest BCUT2D eigenvalue weighted by Crippen LogP contribution is 2.34. The van der Waals surface area contributed by atoms with Crippen molar-refractivity contribution in [2.75, 3.05) is 11.9 Å². The molecule has 7 nitrogen and oxygen atoms in total. The van der Waals surface area contributed by atoms with Gasteiger partial charge in [0.1, 0.15) is 6.04 Å². The van der Waals surface area contributed by atoms with E-state index in [1.54, 1.807) is 12.4 Å². The van der Waals surface area contributed by atoms with E-state index in [-0.39, 0.29) is 5.91 Å². The fourth-order valence-corrected chi connectivity index (χ4v) is 4.25. The molecule has 2 aromatic heterocycles. The van der Waals surface area contributed by atoms with E-state index in [0.29, 0.717) is 5.56 Å². The van der Waals surface area contributed by atoms with Crippen molar-refractivity contribution < 1.29 is 9.59 Å². The molecule has 3 aromatic rings. The fourth-order valence-electron chi connectivity index (χ4n) is 3.30. The number of amides is 3. The lowest BCUT2D eigenvalue weighted by Crippen LogP contribution is -2.22. The van der Waals surface area contributed by atoms with Crippen LogP contribution in [0.2, 0.25) is 0 Å². The number of carbonyl (C=O) groups is 2. The van der Waals surface area contributed by atoms with Crippen LogP contribution in [-0.2, 0) is 11.3 Å². The minimum absolute atomic E-state index is 0.363. The number of benzene rings is 1. The third-order valence-electron chi connectivity index (χ3n) is 4.78. The Hall–Kier alpha value is -3.39. The van der Waals surface area contributed by atoms with Crippen LogP contribution in [0.15, 0.2) is 70.8 Å². The van der Waals surface area contributed by atoms with E-state index in [0.717, 1.165) is 27.7 Å². The fraction of sp³-hybridized carbons (Fsp3) is 0.182. The molecule has 8 heteroatoms. The quantitative estimate of drug-likeness (QED) is 0.595. The average Bonchev–Trinajstić information content (AvgIpc) is 3.07. The summed E-state index contributed by atoms with van der Waals surface area (Å²) >= 11 is 1.53. The number of imide groups is 1. The van der Waals surface area contributed by atoms with Crippen molar-refractivity contribution in [2.24, 2.45) is 0 Å². The normalized spacial score (nSPS) is 15.6. The van der Waals surface area contributed by atoms with E-state index in [9.17, 15) is 9.59 Å². The number of pyridine rings is 2. The minimum Gasteiger partial charge on any atom is -0.370 e. The van der Waals surface area contributed by atoms with Crippen molar-refractivity contribution in [3.05, 3.63) is 77.9 Å². The molecule has 3 amide bonds. The van der Waals surface area contributed by atoms with Crippen molar-refractivity contribution >= 4 is 29.4 Å². The summed E-state index contributed by atoms with van der Waals surface area (Å²) < 4.78 is 0. The summed E-state index contributed by atoms with van der Waals surface area (Å²) in [7, 11) is 2.06. The second kappa shape index (κ2) is 8.54. The molecule has 1 aliphatic heterocycles. The lowest BCUT2D eigenvalue weighted by molar-refractivity contribution is -0.120. The molecule has 0 bridgehead atoms. The van der Waals surface area contributed by atoms with Crippen LogP contribution in [0.4, 0.5) is 10.5 Å². The number of nitrogens with zero attached hydrogens (tertiary/aromatic N) is 3. The van der Waals surface area contributed by atoms with Gasteiger partial charge in [0.25, 0.3) is 5.91 Å². The highest BCUT2D eigenvalue weighted by Gasteiger charge is 2.32. The molecule has 3 heterocycles. The molecular formula is C22H21N5O2S. The molecule has 2 N–H and O–H groups in total. The number of aromatic nitrogens is 2. The molecule has 1 fully saturated rings. The second-order valence-corrected chi connectivity index (χ2v) is 8.18. The number of carbonyl (C=O) groups excluding carboxylic acids is 2. The van der Waals surface area contributed by atoms with Crippen LogP contribution in [0.3, 0.4) is 0 Å². The first-order valence-electron chi connectivity index (χ1n) is 9.45. The average molecular weight is 420 g/mol. The first-order valence-corrected chi connectivity index (χ1v) is 10.3. The first kappa shape index (κ1) is 19.9. The zero-order valence-corrected chi connectivity index (χ0v) is 17.4. The summed E-state index contributed by atoms with van der Waals surface area (Å²) in [5.74, 6) is -0.363. The Morgan fingerprint density at radius 2 is 1.90 bits per heavy atom. The molecule has 0 spiro atoms. The topological polar surface area (TPSA) is 87.2 Å². The Morgan fingerprint density at radius 1 is 1.10 bits per heavy atom. The van der Waals surface area contributed by atoms with Crippen LogP contribution in [0, 0.1) is 6.92 Å². The number of urea groups is 1. The Kier molecular flexibility index (Phi) is 5.67. The second-order valence-electron chi connectivity index (χ2n) is 7.07. The van der Waals surface area contributed by atoms with Gasteiger partial charge in [0.15, 0.2) is 0 Å². The zero-order valence-electron chi connectivity index (χ0n) is 16.6. The summed E-state index contributed by atoms with van der Waals surface area (Å²) in [6, 6.07) is 13.0. The predicted octanol–water partition coefficient (Wildman–Crippen LogP) is 3.45. The van der Waals surface area contributed by atoms with Crippen molar-refractivity contribution in [1.29, 1.82) is 0 Å². The molecule has 0 aliphatic carbocycles. The van der Waals surface area contributed by atoms with Gasteiger partial charge in [0.05, 0.1) is 0 Å². The summed E-state index contributed by atoms with van der Waals surface area (Å²) in [5.41, 5.74) is 4.00. The molecule has 1 unspecified atom stereocenters. The largest absolute Gasteiger partial charge is 0.370 e. The molecule has 0 radical (unpaired) electrons. The summed E-state index contributed by atoms with van der Waals surface area (Å²) in [4.78, 5) is 36.0. The van der Waals surface area contributed by atoms with Crippen LogP contribution in [-0.4, -0.2) is 29.0 Å². The van der Waals surface area contributed by atoms with Gasteiger partial charge in [0, 0.05) is 58.9 Å². The predicted molar refractivity (Wildman–Crippen MR) is 115 cm³/mol. The van der Waals surface area contributed by atoms with Crippen LogP contribution in [0.25, 0.3) is 0 Å². The Labute approximate surface area is 178 Å². The van der Waals surface area contributed by atoms with Crippen molar-refractivity contribution in [3.63, 3.8) is 0 Å². The summed E-state index contributed by atoms with van der Waals surface area (Å²) in [6.45, 7) is 2.78. The summed E-state index contributed by atoms with van der Waals surface area (Å²) in [5, 5.41) is 4.90. The van der Waals surface area contributed by atoms with Gasteiger partial charge in [-0.05, 0) is 55.0 Å². The molecule has 4 rings (SSSR count). The third kappa shape index (κ3) is 4.44. The van der Waals surface area contributed by atoms with Crippen LogP contribution in [0.5, 0.6) is 0 Å². The van der Waals surface area contributed by atoms with E-state index in [4.69, 9.17) is 0 Å².